The van der Waals surface area contributed by atoms with Crippen LogP contribution in [0.25, 0.3) is 53.6 Å². The highest BCUT2D eigenvalue weighted by Gasteiger charge is 2.61. The standard InChI is InChI=1S/C55H48N2S/c1-53(2,3)38-31-43-50-44(32-38)54(4)28-14-15-29-55(54,5)57(50)46-33-42-40-20-12-13-21-47(40)58-52(42)48-41-27-24-37(35-18-10-7-11-19-35)30-45(41)56(51(43)49(46)48)39-25-22-36(23-26-39)34-16-8-6-9-17-34/h6-13,16-27,30-33,51H,14-15,28-29H2,1-5H3. The van der Waals surface area contributed by atoms with Crippen molar-refractivity contribution < 1.29 is 0 Å². The smallest absolute Gasteiger partial charge is 0.0892 e. The molecule has 1 aromatic heterocycles. The molecule has 0 N–H and O–H groups in total. The zero-order valence-electron chi connectivity index (χ0n) is 34.1. The van der Waals surface area contributed by atoms with Gasteiger partial charge < -0.3 is 9.80 Å². The first-order valence-corrected chi connectivity index (χ1v) is 22.1. The summed E-state index contributed by atoms with van der Waals surface area (Å²) in [4.78, 5) is 5.62. The van der Waals surface area contributed by atoms with E-state index in [1.165, 1.54) is 119 Å². The molecule has 2 nitrogen and oxygen atoms in total. The molecule has 12 rings (SSSR count). The molecule has 3 unspecified atom stereocenters. The zero-order valence-corrected chi connectivity index (χ0v) is 34.9. The van der Waals surface area contributed by atoms with Crippen LogP contribution in [-0.4, -0.2) is 5.54 Å². The number of nitrogens with zero attached hydrogens (tertiary/aromatic N) is 2. The molecule has 0 amide bonds. The number of fused-ring (bicyclic) bond motifs is 11. The second-order valence-corrected chi connectivity index (χ2v) is 19.9. The SMILES string of the molecule is CC(C)(C)c1cc2c3c(c1)C1(C)CCCCC1(C)N3c1cc3c(sc4ccccc43)c3c1C2N(c1ccc(-c2ccccc2)cc1)c1cc(-c2ccccc2)ccc1-3. The number of anilines is 4. The lowest BCUT2D eigenvalue weighted by molar-refractivity contribution is 0.194. The molecule has 0 bridgehead atoms. The molecule has 8 aromatic rings. The molecule has 1 saturated carbocycles. The molecule has 0 spiro atoms. The minimum atomic E-state index is -0.0450. The second-order valence-electron chi connectivity index (χ2n) is 18.8. The lowest BCUT2D eigenvalue weighted by Gasteiger charge is -2.53. The van der Waals surface area contributed by atoms with Crippen LogP contribution in [-0.2, 0) is 10.8 Å². The fourth-order valence-corrected chi connectivity index (χ4v) is 12.8. The van der Waals surface area contributed by atoms with Crippen molar-refractivity contribution >= 4 is 54.3 Å². The van der Waals surface area contributed by atoms with Crippen molar-refractivity contribution in [1.29, 1.82) is 0 Å². The van der Waals surface area contributed by atoms with E-state index >= 15 is 0 Å². The third kappa shape index (κ3) is 4.54. The van der Waals surface area contributed by atoms with Gasteiger partial charge in [0.1, 0.15) is 0 Å². The molecule has 1 fully saturated rings. The van der Waals surface area contributed by atoms with E-state index < -0.39 is 0 Å². The summed E-state index contributed by atoms with van der Waals surface area (Å²) in [7, 11) is 0. The number of hydrogen-bond acceptors (Lipinski definition) is 3. The fourth-order valence-electron chi connectivity index (χ4n) is 11.5. The summed E-state index contributed by atoms with van der Waals surface area (Å²) in [6, 6.07) is 55.5. The van der Waals surface area contributed by atoms with Crippen LogP contribution in [0, 0.1) is 0 Å². The summed E-state index contributed by atoms with van der Waals surface area (Å²) in [6.07, 6.45) is 4.93. The van der Waals surface area contributed by atoms with Gasteiger partial charge in [-0.2, -0.15) is 0 Å². The number of thiophene rings is 1. The number of rotatable bonds is 3. The molecule has 3 heteroatoms. The topological polar surface area (TPSA) is 6.48 Å². The molecule has 4 heterocycles. The highest BCUT2D eigenvalue weighted by Crippen LogP contribution is 2.70. The molecule has 3 aliphatic heterocycles. The van der Waals surface area contributed by atoms with E-state index in [1.54, 1.807) is 5.56 Å². The summed E-state index contributed by atoms with van der Waals surface area (Å²) in [6.45, 7) is 12.4. The van der Waals surface area contributed by atoms with E-state index in [1.807, 2.05) is 11.3 Å². The summed E-state index contributed by atoms with van der Waals surface area (Å²) in [5, 5.41) is 2.75. The van der Waals surface area contributed by atoms with E-state index in [9.17, 15) is 0 Å². The summed E-state index contributed by atoms with van der Waals surface area (Å²) < 4.78 is 2.77. The lowest BCUT2D eigenvalue weighted by Crippen LogP contribution is -2.55. The minimum Gasteiger partial charge on any atom is -0.334 e. The molecule has 58 heavy (non-hydrogen) atoms. The summed E-state index contributed by atoms with van der Waals surface area (Å²) in [5.74, 6) is 0. The van der Waals surface area contributed by atoms with Crippen LogP contribution in [0.1, 0.15) is 88.6 Å². The summed E-state index contributed by atoms with van der Waals surface area (Å²) in [5.41, 5.74) is 19.0. The average Bonchev–Trinajstić information content (AvgIpc) is 3.72. The maximum absolute atomic E-state index is 2.89. The Bertz CT molecular complexity index is 2970. The van der Waals surface area contributed by atoms with Gasteiger partial charge in [0, 0.05) is 59.2 Å². The van der Waals surface area contributed by atoms with Crippen LogP contribution < -0.4 is 9.80 Å². The van der Waals surface area contributed by atoms with Gasteiger partial charge in [0.05, 0.1) is 23.0 Å². The first-order valence-electron chi connectivity index (χ1n) is 21.3. The van der Waals surface area contributed by atoms with Gasteiger partial charge in [-0.05, 0) is 88.9 Å². The van der Waals surface area contributed by atoms with E-state index in [2.05, 4.69) is 190 Å². The molecular weight excluding hydrogens is 721 g/mol. The molecule has 284 valence electrons. The minimum absolute atomic E-state index is 0.00582. The van der Waals surface area contributed by atoms with E-state index in [4.69, 9.17) is 0 Å². The predicted molar refractivity (Wildman–Crippen MR) is 248 cm³/mol. The second kappa shape index (κ2) is 12.0. The average molecular weight is 769 g/mol. The lowest BCUT2D eigenvalue weighted by atomic mass is 9.61. The Labute approximate surface area is 346 Å². The highest BCUT2D eigenvalue weighted by atomic mass is 32.1. The van der Waals surface area contributed by atoms with Gasteiger partial charge in [-0.1, -0.05) is 156 Å². The Kier molecular flexibility index (Phi) is 7.09. The third-order valence-corrected chi connectivity index (χ3v) is 15.9. The van der Waals surface area contributed by atoms with Crippen molar-refractivity contribution in [3.8, 4) is 33.4 Å². The van der Waals surface area contributed by atoms with Crippen molar-refractivity contribution in [3.05, 3.63) is 168 Å². The maximum atomic E-state index is 2.89. The van der Waals surface area contributed by atoms with Crippen molar-refractivity contribution in [2.75, 3.05) is 9.80 Å². The van der Waals surface area contributed by atoms with Gasteiger partial charge >= 0.3 is 0 Å². The molecule has 0 radical (unpaired) electrons. The molecule has 1 aliphatic carbocycles. The van der Waals surface area contributed by atoms with E-state index in [-0.39, 0.29) is 22.4 Å². The highest BCUT2D eigenvalue weighted by molar-refractivity contribution is 7.26. The van der Waals surface area contributed by atoms with Crippen molar-refractivity contribution in [2.24, 2.45) is 0 Å². The Balaban J connectivity index is 1.24. The third-order valence-electron chi connectivity index (χ3n) is 14.7. The first-order chi connectivity index (χ1) is 28.1. The maximum Gasteiger partial charge on any atom is 0.0892 e. The number of benzene rings is 7. The van der Waals surface area contributed by atoms with Gasteiger partial charge in [-0.25, -0.2) is 0 Å². The Morgan fingerprint density at radius 2 is 1.28 bits per heavy atom. The molecular formula is C55H48N2S. The van der Waals surface area contributed by atoms with Crippen LogP contribution in [0.5, 0.6) is 0 Å². The fraction of sp³-hybridized carbons (Fsp3) is 0.236. The van der Waals surface area contributed by atoms with Crippen molar-refractivity contribution in [1.82, 2.24) is 0 Å². The van der Waals surface area contributed by atoms with Gasteiger partial charge in [0.2, 0.25) is 0 Å². The monoisotopic (exact) mass is 768 g/mol. The van der Waals surface area contributed by atoms with Gasteiger partial charge in [-0.3, -0.25) is 0 Å². The van der Waals surface area contributed by atoms with Crippen molar-refractivity contribution in [3.63, 3.8) is 0 Å². The normalized spacial score (nSPS) is 21.5. The van der Waals surface area contributed by atoms with Gasteiger partial charge in [0.25, 0.3) is 0 Å². The van der Waals surface area contributed by atoms with Crippen LogP contribution in [0.15, 0.2) is 146 Å². The molecule has 4 aliphatic rings. The Morgan fingerprint density at radius 1 is 0.621 bits per heavy atom. The van der Waals surface area contributed by atoms with E-state index in [0.717, 1.165) is 0 Å². The van der Waals surface area contributed by atoms with Crippen LogP contribution in [0.3, 0.4) is 0 Å². The van der Waals surface area contributed by atoms with Crippen LogP contribution in [0.2, 0.25) is 0 Å². The largest absolute Gasteiger partial charge is 0.334 e. The quantitative estimate of drug-likeness (QED) is 0.177. The van der Waals surface area contributed by atoms with Gasteiger partial charge in [0.15, 0.2) is 0 Å². The van der Waals surface area contributed by atoms with Crippen molar-refractivity contribution in [2.45, 2.75) is 82.7 Å². The Hall–Kier alpha value is -5.64. The summed E-state index contributed by atoms with van der Waals surface area (Å²) >= 11 is 1.98. The van der Waals surface area contributed by atoms with Gasteiger partial charge in [-0.15, -0.1) is 11.3 Å². The molecule has 3 atom stereocenters. The molecule has 0 saturated heterocycles. The Morgan fingerprint density at radius 3 is 2.02 bits per heavy atom. The first kappa shape index (κ1) is 34.4. The predicted octanol–water partition coefficient (Wildman–Crippen LogP) is 15.6. The van der Waals surface area contributed by atoms with E-state index in [0.29, 0.717) is 0 Å². The van der Waals surface area contributed by atoms with Crippen LogP contribution >= 0.6 is 11.3 Å². The molecule has 7 aromatic carbocycles. The zero-order chi connectivity index (χ0) is 39.1. The van der Waals surface area contributed by atoms with Crippen LogP contribution in [0.4, 0.5) is 22.7 Å². The number of hydrogen-bond donors (Lipinski definition) is 0.